The smallest absolute Gasteiger partial charge is 0.310 e. The Labute approximate surface area is 133 Å². The molecular weight excluding hydrogens is 294 g/mol. The molecule has 2 fully saturated rings. The molecule has 0 aromatic heterocycles. The zero-order valence-electron chi connectivity index (χ0n) is 12.8. The number of allylic oxidation sites excluding steroid dienone is 2. The van der Waals surface area contributed by atoms with E-state index in [4.69, 9.17) is 4.74 Å². The van der Waals surface area contributed by atoms with Gasteiger partial charge < -0.3 is 4.74 Å². The number of benzene rings is 1. The number of fused-ring (bicyclic) bond motifs is 5. The molecule has 1 saturated carbocycles. The summed E-state index contributed by atoms with van der Waals surface area (Å²) in [7, 11) is 0. The summed E-state index contributed by atoms with van der Waals surface area (Å²) < 4.78 is 5.18. The van der Waals surface area contributed by atoms with Crippen molar-refractivity contribution in [3.63, 3.8) is 0 Å². The van der Waals surface area contributed by atoms with Gasteiger partial charge in [-0.15, -0.1) is 0 Å². The number of nitrogens with zero attached hydrogens (tertiary/aromatic N) is 1. The first kappa shape index (κ1) is 14.2. The van der Waals surface area contributed by atoms with Crippen LogP contribution in [0.3, 0.4) is 0 Å². The molecule has 2 bridgehead atoms. The molecule has 118 valence electrons. The maximum absolute atomic E-state index is 12.7. The van der Waals surface area contributed by atoms with Gasteiger partial charge in [-0.25, -0.2) is 4.90 Å². The molecule has 1 aliphatic heterocycles. The van der Waals surface area contributed by atoms with E-state index in [2.05, 4.69) is 12.2 Å². The molecule has 0 spiro atoms. The van der Waals surface area contributed by atoms with Crippen LogP contribution >= 0.6 is 0 Å². The summed E-state index contributed by atoms with van der Waals surface area (Å²) in [5.41, 5.74) is 0.482. The minimum Gasteiger partial charge on any atom is -0.426 e. The van der Waals surface area contributed by atoms with E-state index in [-0.39, 0.29) is 47.9 Å². The summed E-state index contributed by atoms with van der Waals surface area (Å²) in [6.45, 7) is 1.71. The summed E-state index contributed by atoms with van der Waals surface area (Å²) in [5, 5.41) is 0. The number of carbonyl (C=O) groups is 3. The van der Waals surface area contributed by atoms with Gasteiger partial charge in [0.15, 0.2) is 0 Å². The fourth-order valence-corrected chi connectivity index (χ4v) is 4.05. The van der Waals surface area contributed by atoms with Crippen molar-refractivity contribution in [1.82, 2.24) is 0 Å². The van der Waals surface area contributed by atoms with Crippen LogP contribution in [0.2, 0.25) is 0 Å². The lowest BCUT2D eigenvalue weighted by molar-refractivity contribution is -0.134. The van der Waals surface area contributed by atoms with Crippen molar-refractivity contribution in [2.45, 2.75) is 19.8 Å². The molecule has 5 nitrogen and oxygen atoms in total. The van der Waals surface area contributed by atoms with E-state index >= 15 is 0 Å². The molecular formula is C18H17NO4. The van der Waals surface area contributed by atoms with Gasteiger partial charge in [0.1, 0.15) is 5.75 Å². The lowest BCUT2D eigenvalue weighted by atomic mass is 9.85. The van der Waals surface area contributed by atoms with Gasteiger partial charge in [0.25, 0.3) is 0 Å². The first-order chi connectivity index (χ1) is 11.1. The SMILES string of the molecule is CCC(=O)Oc1cccc(N2C(=O)[C@@H]3[C@@H](C2=O)[C@H]2C=C[C@@H]3C2)c1. The monoisotopic (exact) mass is 311 g/mol. The Bertz CT molecular complexity index is 708. The van der Waals surface area contributed by atoms with Gasteiger partial charge in [-0.3, -0.25) is 14.4 Å². The zero-order valence-corrected chi connectivity index (χ0v) is 12.8. The third-order valence-corrected chi connectivity index (χ3v) is 5.07. The Balaban J connectivity index is 1.64. The van der Waals surface area contributed by atoms with Crippen LogP contribution in [-0.2, 0) is 14.4 Å². The molecule has 0 radical (unpaired) electrons. The molecule has 2 aliphatic carbocycles. The highest BCUT2D eigenvalue weighted by molar-refractivity contribution is 6.22. The van der Waals surface area contributed by atoms with Crippen molar-refractivity contribution < 1.29 is 19.1 Å². The number of anilines is 1. The second-order valence-corrected chi connectivity index (χ2v) is 6.34. The molecule has 4 atom stereocenters. The number of imide groups is 1. The van der Waals surface area contributed by atoms with Gasteiger partial charge in [-0.1, -0.05) is 25.1 Å². The molecule has 0 N–H and O–H groups in total. The molecule has 1 aromatic rings. The highest BCUT2D eigenvalue weighted by Crippen LogP contribution is 2.53. The second kappa shape index (κ2) is 5.05. The fourth-order valence-electron chi connectivity index (χ4n) is 4.05. The van der Waals surface area contributed by atoms with Crippen molar-refractivity contribution in [3.05, 3.63) is 36.4 Å². The van der Waals surface area contributed by atoms with Crippen molar-refractivity contribution in [1.29, 1.82) is 0 Å². The topological polar surface area (TPSA) is 63.7 Å². The van der Waals surface area contributed by atoms with E-state index in [1.807, 2.05) is 0 Å². The van der Waals surface area contributed by atoms with E-state index < -0.39 is 0 Å². The molecule has 0 unspecified atom stereocenters. The minimum atomic E-state index is -0.347. The van der Waals surface area contributed by atoms with E-state index in [1.165, 1.54) is 4.90 Å². The summed E-state index contributed by atoms with van der Waals surface area (Å²) in [4.78, 5) is 38.2. The van der Waals surface area contributed by atoms with Crippen LogP contribution in [0.4, 0.5) is 5.69 Å². The van der Waals surface area contributed by atoms with Crippen LogP contribution in [0, 0.1) is 23.7 Å². The number of esters is 1. The Hall–Kier alpha value is -2.43. The Morgan fingerprint density at radius 1 is 1.17 bits per heavy atom. The predicted octanol–water partition coefficient (Wildman–Crippen LogP) is 2.31. The van der Waals surface area contributed by atoms with Gasteiger partial charge >= 0.3 is 5.97 Å². The molecule has 2 amide bonds. The minimum absolute atomic E-state index is 0.129. The molecule has 3 aliphatic rings. The summed E-state index contributed by atoms with van der Waals surface area (Å²) in [5.74, 6) is -0.320. The molecule has 23 heavy (non-hydrogen) atoms. The molecule has 1 saturated heterocycles. The average molecular weight is 311 g/mol. The van der Waals surface area contributed by atoms with E-state index in [1.54, 1.807) is 31.2 Å². The maximum atomic E-state index is 12.7. The molecule has 4 rings (SSSR count). The van der Waals surface area contributed by atoms with Crippen molar-refractivity contribution in [3.8, 4) is 5.75 Å². The standard InChI is InChI=1S/C18H17NO4/c1-2-14(20)23-13-5-3-4-12(9-13)19-17(21)15-10-6-7-11(8-10)16(15)18(19)22/h3-7,9-11,15-16H,2,8H2,1H3/t10-,11+,15-,16-/m0/s1. The highest BCUT2D eigenvalue weighted by atomic mass is 16.5. The summed E-state index contributed by atoms with van der Waals surface area (Å²) in [6, 6.07) is 6.62. The number of hydrogen-bond donors (Lipinski definition) is 0. The van der Waals surface area contributed by atoms with Crippen LogP contribution < -0.4 is 9.64 Å². The Morgan fingerprint density at radius 2 is 1.83 bits per heavy atom. The number of ether oxygens (including phenoxy) is 1. The third-order valence-electron chi connectivity index (χ3n) is 5.07. The number of carbonyl (C=O) groups excluding carboxylic acids is 3. The quantitative estimate of drug-likeness (QED) is 0.372. The first-order valence-corrected chi connectivity index (χ1v) is 7.97. The van der Waals surface area contributed by atoms with E-state index in [0.29, 0.717) is 11.4 Å². The van der Waals surface area contributed by atoms with Gasteiger partial charge in [-0.2, -0.15) is 0 Å². The van der Waals surface area contributed by atoms with Crippen LogP contribution in [0.15, 0.2) is 36.4 Å². The number of rotatable bonds is 3. The molecule has 1 aromatic carbocycles. The zero-order chi connectivity index (χ0) is 16.1. The lowest BCUT2D eigenvalue weighted by Gasteiger charge is -2.17. The Kier molecular flexibility index (Phi) is 3.11. The number of amides is 2. The highest BCUT2D eigenvalue weighted by Gasteiger charge is 2.59. The van der Waals surface area contributed by atoms with E-state index in [9.17, 15) is 14.4 Å². The predicted molar refractivity (Wildman–Crippen MR) is 82.6 cm³/mol. The van der Waals surface area contributed by atoms with Crippen LogP contribution in [0.25, 0.3) is 0 Å². The first-order valence-electron chi connectivity index (χ1n) is 7.97. The van der Waals surface area contributed by atoms with Crippen molar-refractivity contribution in [2.75, 3.05) is 4.90 Å². The van der Waals surface area contributed by atoms with Gasteiger partial charge in [0.2, 0.25) is 11.8 Å². The van der Waals surface area contributed by atoms with Gasteiger partial charge in [0, 0.05) is 12.5 Å². The van der Waals surface area contributed by atoms with Gasteiger partial charge in [0.05, 0.1) is 17.5 Å². The molecule has 1 heterocycles. The Morgan fingerprint density at radius 3 is 2.43 bits per heavy atom. The van der Waals surface area contributed by atoms with Crippen molar-refractivity contribution >= 4 is 23.5 Å². The summed E-state index contributed by atoms with van der Waals surface area (Å²) >= 11 is 0. The largest absolute Gasteiger partial charge is 0.426 e. The fraction of sp³-hybridized carbons (Fsp3) is 0.389. The number of hydrogen-bond acceptors (Lipinski definition) is 4. The second-order valence-electron chi connectivity index (χ2n) is 6.34. The van der Waals surface area contributed by atoms with Crippen LogP contribution in [0.1, 0.15) is 19.8 Å². The average Bonchev–Trinajstić information content (AvgIpc) is 3.21. The van der Waals surface area contributed by atoms with E-state index in [0.717, 1.165) is 6.42 Å². The maximum Gasteiger partial charge on any atom is 0.310 e. The third kappa shape index (κ3) is 2.03. The van der Waals surface area contributed by atoms with Crippen LogP contribution in [0.5, 0.6) is 5.75 Å². The van der Waals surface area contributed by atoms with Crippen LogP contribution in [-0.4, -0.2) is 17.8 Å². The van der Waals surface area contributed by atoms with Crippen molar-refractivity contribution in [2.24, 2.45) is 23.7 Å². The summed E-state index contributed by atoms with van der Waals surface area (Å²) in [6.07, 6.45) is 5.32. The molecule has 5 heteroatoms. The lowest BCUT2D eigenvalue weighted by Crippen LogP contribution is -2.32. The normalized spacial score (nSPS) is 30.9. The van der Waals surface area contributed by atoms with Gasteiger partial charge in [-0.05, 0) is 30.4 Å².